The Morgan fingerprint density at radius 3 is 2.44 bits per heavy atom. The summed E-state index contributed by atoms with van der Waals surface area (Å²) in [5, 5.41) is 0.611. The van der Waals surface area contributed by atoms with Gasteiger partial charge in [0.2, 0.25) is 0 Å². The van der Waals surface area contributed by atoms with E-state index in [9.17, 15) is 0 Å². The lowest BCUT2D eigenvalue weighted by atomic mass is 10.1. The number of hydrogen-bond donors (Lipinski definition) is 2. The molecule has 0 aromatic carbocycles. The van der Waals surface area contributed by atoms with Crippen LogP contribution in [0.4, 0.5) is 0 Å². The van der Waals surface area contributed by atoms with Crippen molar-refractivity contribution in [2.24, 2.45) is 11.5 Å². The predicted octanol–water partition coefficient (Wildman–Crippen LogP) is 0.166. The lowest BCUT2D eigenvalue weighted by molar-refractivity contribution is 0.562. The van der Waals surface area contributed by atoms with Crippen LogP contribution in [0.3, 0.4) is 0 Å². The molecule has 1 aliphatic rings. The lowest BCUT2D eigenvalue weighted by Gasteiger charge is -2.13. The highest BCUT2D eigenvalue weighted by Crippen LogP contribution is 2.26. The summed E-state index contributed by atoms with van der Waals surface area (Å²) in [5.74, 6) is 1.04. The van der Waals surface area contributed by atoms with Gasteiger partial charge >= 0.3 is 0 Å². The third-order valence-electron chi connectivity index (χ3n) is 1.83. The van der Waals surface area contributed by atoms with Crippen LogP contribution >= 0.6 is 11.8 Å². The van der Waals surface area contributed by atoms with E-state index in [-0.39, 0.29) is 12.1 Å². The molecule has 9 heavy (non-hydrogen) atoms. The molecule has 0 saturated carbocycles. The first kappa shape index (κ1) is 7.38. The van der Waals surface area contributed by atoms with Crippen LogP contribution in [0, 0.1) is 0 Å². The molecular formula is C6H14N2S. The SMILES string of the molecule is CC[C@@H]1SC[C@H](N)[C@@H]1N. The van der Waals surface area contributed by atoms with E-state index in [1.807, 2.05) is 11.8 Å². The van der Waals surface area contributed by atoms with Crippen molar-refractivity contribution < 1.29 is 0 Å². The van der Waals surface area contributed by atoms with Crippen LogP contribution in [0.25, 0.3) is 0 Å². The topological polar surface area (TPSA) is 52.0 Å². The van der Waals surface area contributed by atoms with Crippen molar-refractivity contribution in [1.29, 1.82) is 0 Å². The van der Waals surface area contributed by atoms with E-state index in [0.717, 1.165) is 12.2 Å². The van der Waals surface area contributed by atoms with Crippen LogP contribution in [-0.4, -0.2) is 23.1 Å². The number of nitrogens with two attached hydrogens (primary N) is 2. The molecule has 0 amide bonds. The molecule has 3 heteroatoms. The summed E-state index contributed by atoms with van der Waals surface area (Å²) in [6.45, 7) is 2.16. The minimum absolute atomic E-state index is 0.236. The Morgan fingerprint density at radius 1 is 1.56 bits per heavy atom. The van der Waals surface area contributed by atoms with Crippen molar-refractivity contribution in [2.75, 3.05) is 5.75 Å². The summed E-state index contributed by atoms with van der Waals surface area (Å²) in [4.78, 5) is 0. The van der Waals surface area contributed by atoms with Crippen LogP contribution in [0.5, 0.6) is 0 Å². The van der Waals surface area contributed by atoms with Gasteiger partial charge < -0.3 is 11.5 Å². The van der Waals surface area contributed by atoms with Gasteiger partial charge in [0.15, 0.2) is 0 Å². The van der Waals surface area contributed by atoms with Gasteiger partial charge in [0, 0.05) is 23.1 Å². The molecule has 4 N–H and O–H groups in total. The molecule has 1 rings (SSSR count). The first-order valence-electron chi connectivity index (χ1n) is 3.38. The second-order valence-electron chi connectivity index (χ2n) is 2.52. The van der Waals surface area contributed by atoms with Gasteiger partial charge in [-0.05, 0) is 6.42 Å². The first-order chi connectivity index (χ1) is 4.25. The molecule has 1 heterocycles. The summed E-state index contributed by atoms with van der Waals surface area (Å²) in [6, 6.07) is 0.472. The largest absolute Gasteiger partial charge is 0.326 e. The maximum absolute atomic E-state index is 5.79. The third kappa shape index (κ3) is 1.39. The molecule has 2 nitrogen and oxygen atoms in total. The second kappa shape index (κ2) is 2.90. The zero-order chi connectivity index (χ0) is 6.85. The van der Waals surface area contributed by atoms with Gasteiger partial charge in [-0.3, -0.25) is 0 Å². The van der Waals surface area contributed by atoms with E-state index in [1.54, 1.807) is 0 Å². The van der Waals surface area contributed by atoms with Crippen LogP contribution in [0.1, 0.15) is 13.3 Å². The molecule has 0 aromatic rings. The monoisotopic (exact) mass is 146 g/mol. The van der Waals surface area contributed by atoms with E-state index >= 15 is 0 Å². The quantitative estimate of drug-likeness (QED) is 0.554. The average molecular weight is 146 g/mol. The Bertz CT molecular complexity index is 97.1. The van der Waals surface area contributed by atoms with E-state index in [0.29, 0.717) is 5.25 Å². The zero-order valence-corrected chi connectivity index (χ0v) is 6.53. The highest BCUT2D eigenvalue weighted by Gasteiger charge is 2.29. The van der Waals surface area contributed by atoms with Crippen molar-refractivity contribution in [1.82, 2.24) is 0 Å². The summed E-state index contributed by atoms with van der Waals surface area (Å²) in [7, 11) is 0. The molecule has 0 aliphatic carbocycles. The van der Waals surface area contributed by atoms with Gasteiger partial charge in [0.25, 0.3) is 0 Å². The molecule has 1 saturated heterocycles. The third-order valence-corrected chi connectivity index (χ3v) is 3.48. The fraction of sp³-hybridized carbons (Fsp3) is 1.00. The van der Waals surface area contributed by atoms with Gasteiger partial charge in [-0.2, -0.15) is 11.8 Å². The van der Waals surface area contributed by atoms with Gasteiger partial charge in [-0.25, -0.2) is 0 Å². The Morgan fingerprint density at radius 2 is 2.22 bits per heavy atom. The van der Waals surface area contributed by atoms with E-state index < -0.39 is 0 Å². The summed E-state index contributed by atoms with van der Waals surface area (Å²) in [6.07, 6.45) is 1.15. The molecule has 1 aliphatic heterocycles. The molecule has 0 spiro atoms. The Labute approximate surface area is 60.4 Å². The van der Waals surface area contributed by atoms with E-state index in [2.05, 4.69) is 6.92 Å². The highest BCUT2D eigenvalue weighted by atomic mass is 32.2. The maximum Gasteiger partial charge on any atom is 0.0321 e. The molecule has 54 valence electrons. The highest BCUT2D eigenvalue weighted by molar-refractivity contribution is 8.00. The molecular weight excluding hydrogens is 132 g/mol. The first-order valence-corrected chi connectivity index (χ1v) is 4.43. The molecule has 3 atom stereocenters. The Hall–Kier alpha value is 0.270. The van der Waals surface area contributed by atoms with Crippen molar-refractivity contribution in [3.05, 3.63) is 0 Å². The summed E-state index contributed by atoms with van der Waals surface area (Å²) < 4.78 is 0. The predicted molar refractivity (Wildman–Crippen MR) is 42.5 cm³/mol. The minimum atomic E-state index is 0.236. The standard InChI is InChI=1S/C6H14N2S/c1-2-5-6(8)4(7)3-9-5/h4-6H,2-3,7-8H2,1H3/t4-,5-,6-/m0/s1. The Kier molecular flexibility index (Phi) is 2.38. The number of thioether (sulfide) groups is 1. The maximum atomic E-state index is 5.79. The van der Waals surface area contributed by atoms with Crippen LogP contribution in [0.15, 0.2) is 0 Å². The van der Waals surface area contributed by atoms with Crippen LogP contribution < -0.4 is 11.5 Å². The Balaban J connectivity index is 2.41. The van der Waals surface area contributed by atoms with Gasteiger partial charge in [0.05, 0.1) is 0 Å². The molecule has 0 unspecified atom stereocenters. The van der Waals surface area contributed by atoms with Gasteiger partial charge in [0.1, 0.15) is 0 Å². The van der Waals surface area contributed by atoms with Crippen molar-refractivity contribution in [2.45, 2.75) is 30.7 Å². The van der Waals surface area contributed by atoms with Crippen molar-refractivity contribution in [3.63, 3.8) is 0 Å². The van der Waals surface area contributed by atoms with Gasteiger partial charge in [-0.1, -0.05) is 6.92 Å². The van der Waals surface area contributed by atoms with Crippen molar-refractivity contribution >= 4 is 11.8 Å². The normalized spacial score (nSPS) is 43.7. The van der Waals surface area contributed by atoms with Crippen molar-refractivity contribution in [3.8, 4) is 0 Å². The number of rotatable bonds is 1. The minimum Gasteiger partial charge on any atom is -0.326 e. The lowest BCUT2D eigenvalue weighted by Crippen LogP contribution is -2.43. The average Bonchev–Trinajstić information content (AvgIpc) is 2.15. The molecule has 0 bridgehead atoms. The molecule has 0 aromatic heterocycles. The summed E-state index contributed by atoms with van der Waals surface area (Å²) in [5.41, 5.74) is 11.5. The van der Waals surface area contributed by atoms with E-state index in [4.69, 9.17) is 11.5 Å². The zero-order valence-electron chi connectivity index (χ0n) is 5.71. The number of hydrogen-bond acceptors (Lipinski definition) is 3. The van der Waals surface area contributed by atoms with E-state index in [1.165, 1.54) is 0 Å². The molecule has 1 fully saturated rings. The molecule has 0 radical (unpaired) electrons. The van der Waals surface area contributed by atoms with Crippen LogP contribution in [0.2, 0.25) is 0 Å². The fourth-order valence-corrected chi connectivity index (χ4v) is 2.47. The van der Waals surface area contributed by atoms with Gasteiger partial charge in [-0.15, -0.1) is 0 Å². The van der Waals surface area contributed by atoms with Crippen LogP contribution in [-0.2, 0) is 0 Å². The second-order valence-corrected chi connectivity index (χ2v) is 3.79. The smallest absolute Gasteiger partial charge is 0.0321 e. The fourth-order valence-electron chi connectivity index (χ4n) is 1.12. The summed E-state index contributed by atoms with van der Waals surface area (Å²) >= 11 is 1.91.